The molecule has 2 aromatic carbocycles. The van der Waals surface area contributed by atoms with Gasteiger partial charge in [-0.25, -0.2) is 0 Å². The summed E-state index contributed by atoms with van der Waals surface area (Å²) in [5, 5.41) is 21.9. The fourth-order valence-electron chi connectivity index (χ4n) is 1.86. The number of halogens is 1. The van der Waals surface area contributed by atoms with Crippen LogP contribution in [0.15, 0.2) is 42.5 Å². The summed E-state index contributed by atoms with van der Waals surface area (Å²) in [6.45, 7) is 1.96. The zero-order valence-electron chi connectivity index (χ0n) is 10.8. The fourth-order valence-corrected chi connectivity index (χ4v) is 2.26. The molecule has 1 unspecified atom stereocenters. The first-order chi connectivity index (χ1) is 9.50. The minimum Gasteiger partial charge on any atom is -0.504 e. The van der Waals surface area contributed by atoms with Crippen molar-refractivity contribution in [1.29, 1.82) is 0 Å². The standard InChI is InChI=1S/C15H14BrNO3/c1-9(16)10-5-2-3-7-12(10)17-15(20)11-6-4-8-13(18)14(11)19/h2-9,18-19H,1H3,(H,17,20). The van der Waals surface area contributed by atoms with E-state index >= 15 is 0 Å². The lowest BCUT2D eigenvalue weighted by atomic mass is 10.1. The predicted octanol–water partition coefficient (Wildman–Crippen LogP) is 3.81. The molecule has 20 heavy (non-hydrogen) atoms. The van der Waals surface area contributed by atoms with Gasteiger partial charge in [-0.15, -0.1) is 0 Å². The number of anilines is 1. The number of alkyl halides is 1. The summed E-state index contributed by atoms with van der Waals surface area (Å²) >= 11 is 3.46. The number of hydrogen-bond acceptors (Lipinski definition) is 3. The van der Waals surface area contributed by atoms with Crippen molar-refractivity contribution in [3.05, 3.63) is 53.6 Å². The molecule has 0 radical (unpaired) electrons. The molecule has 0 spiro atoms. The van der Waals surface area contributed by atoms with E-state index in [-0.39, 0.29) is 16.1 Å². The summed E-state index contributed by atoms with van der Waals surface area (Å²) in [6.07, 6.45) is 0. The van der Waals surface area contributed by atoms with Gasteiger partial charge in [-0.2, -0.15) is 0 Å². The second-order valence-corrected chi connectivity index (χ2v) is 5.70. The second-order valence-electron chi connectivity index (χ2n) is 4.33. The maximum atomic E-state index is 12.2. The minimum absolute atomic E-state index is 0.0297. The average Bonchev–Trinajstić information content (AvgIpc) is 2.42. The molecule has 104 valence electrons. The van der Waals surface area contributed by atoms with Gasteiger partial charge in [-0.3, -0.25) is 4.79 Å². The number of hydrogen-bond donors (Lipinski definition) is 3. The molecule has 2 rings (SSSR count). The van der Waals surface area contributed by atoms with Gasteiger partial charge >= 0.3 is 0 Å². The van der Waals surface area contributed by atoms with Crippen LogP contribution >= 0.6 is 15.9 Å². The zero-order chi connectivity index (χ0) is 14.7. The van der Waals surface area contributed by atoms with E-state index in [0.717, 1.165) is 5.56 Å². The topological polar surface area (TPSA) is 69.6 Å². The van der Waals surface area contributed by atoms with Crippen LogP contribution in [0.2, 0.25) is 0 Å². The lowest BCUT2D eigenvalue weighted by molar-refractivity contribution is 0.102. The summed E-state index contributed by atoms with van der Waals surface area (Å²) in [5.74, 6) is -1.21. The SMILES string of the molecule is CC(Br)c1ccccc1NC(=O)c1cccc(O)c1O. The maximum Gasteiger partial charge on any atom is 0.259 e. The monoisotopic (exact) mass is 335 g/mol. The summed E-state index contributed by atoms with van der Waals surface area (Å²) in [4.78, 5) is 12.2. The second kappa shape index (κ2) is 5.96. The third-order valence-corrected chi connectivity index (χ3v) is 3.39. The Hall–Kier alpha value is -2.01. The van der Waals surface area contributed by atoms with Crippen LogP contribution < -0.4 is 5.32 Å². The van der Waals surface area contributed by atoms with E-state index in [2.05, 4.69) is 21.2 Å². The maximum absolute atomic E-state index is 12.2. The molecule has 1 atom stereocenters. The van der Waals surface area contributed by atoms with Crippen molar-refractivity contribution < 1.29 is 15.0 Å². The molecule has 0 saturated heterocycles. The number of carbonyl (C=O) groups is 1. The van der Waals surface area contributed by atoms with Crippen molar-refractivity contribution in [2.75, 3.05) is 5.32 Å². The molecule has 0 saturated carbocycles. The van der Waals surface area contributed by atoms with Gasteiger partial charge < -0.3 is 15.5 Å². The van der Waals surface area contributed by atoms with Gasteiger partial charge in [-0.05, 0) is 30.7 Å². The van der Waals surface area contributed by atoms with Gasteiger partial charge in [0.1, 0.15) is 0 Å². The number of carbonyl (C=O) groups excluding carboxylic acids is 1. The number of phenolic OH excluding ortho intramolecular Hbond substituents is 2. The van der Waals surface area contributed by atoms with Crippen molar-refractivity contribution in [2.45, 2.75) is 11.8 Å². The van der Waals surface area contributed by atoms with Gasteiger partial charge in [0, 0.05) is 10.5 Å². The number of nitrogens with one attached hydrogen (secondary N) is 1. The van der Waals surface area contributed by atoms with Crippen LogP contribution in [0, 0.1) is 0 Å². The fraction of sp³-hybridized carbons (Fsp3) is 0.133. The van der Waals surface area contributed by atoms with E-state index in [1.54, 1.807) is 6.07 Å². The Morgan fingerprint density at radius 2 is 1.85 bits per heavy atom. The van der Waals surface area contributed by atoms with Crippen LogP contribution in [0.3, 0.4) is 0 Å². The van der Waals surface area contributed by atoms with E-state index in [4.69, 9.17) is 0 Å². The first-order valence-electron chi connectivity index (χ1n) is 6.06. The van der Waals surface area contributed by atoms with Crippen molar-refractivity contribution >= 4 is 27.5 Å². The molecular formula is C15H14BrNO3. The van der Waals surface area contributed by atoms with E-state index in [1.807, 2.05) is 25.1 Å². The Morgan fingerprint density at radius 1 is 1.15 bits per heavy atom. The van der Waals surface area contributed by atoms with E-state index in [0.29, 0.717) is 5.69 Å². The molecule has 3 N–H and O–H groups in total. The Kier molecular flexibility index (Phi) is 4.29. The van der Waals surface area contributed by atoms with E-state index < -0.39 is 11.7 Å². The smallest absolute Gasteiger partial charge is 0.259 e. The highest BCUT2D eigenvalue weighted by molar-refractivity contribution is 9.09. The molecule has 4 nitrogen and oxygen atoms in total. The molecule has 0 aromatic heterocycles. The normalized spacial score (nSPS) is 11.9. The van der Waals surface area contributed by atoms with Crippen molar-refractivity contribution in [3.63, 3.8) is 0 Å². The molecule has 5 heteroatoms. The van der Waals surface area contributed by atoms with Crippen LogP contribution in [0.5, 0.6) is 11.5 Å². The summed E-state index contributed by atoms with van der Waals surface area (Å²) < 4.78 is 0. The molecule has 0 aliphatic heterocycles. The molecule has 0 fully saturated rings. The molecule has 0 aliphatic rings. The molecule has 0 aliphatic carbocycles. The lowest BCUT2D eigenvalue weighted by Crippen LogP contribution is -2.13. The van der Waals surface area contributed by atoms with Gasteiger partial charge in [0.2, 0.25) is 0 Å². The number of amides is 1. The number of phenols is 2. The number of aromatic hydroxyl groups is 2. The highest BCUT2D eigenvalue weighted by Crippen LogP contribution is 2.31. The first-order valence-corrected chi connectivity index (χ1v) is 6.97. The van der Waals surface area contributed by atoms with Crippen LogP contribution in [0.4, 0.5) is 5.69 Å². The molecule has 2 aromatic rings. The molecular weight excluding hydrogens is 322 g/mol. The van der Waals surface area contributed by atoms with E-state index in [9.17, 15) is 15.0 Å². The summed E-state index contributed by atoms with van der Waals surface area (Å²) in [5.41, 5.74) is 1.62. The van der Waals surface area contributed by atoms with Crippen molar-refractivity contribution in [3.8, 4) is 11.5 Å². The van der Waals surface area contributed by atoms with Crippen LogP contribution in [-0.2, 0) is 0 Å². The first kappa shape index (κ1) is 14.4. The lowest BCUT2D eigenvalue weighted by Gasteiger charge is -2.13. The highest BCUT2D eigenvalue weighted by Gasteiger charge is 2.16. The van der Waals surface area contributed by atoms with Gasteiger partial charge in [0.05, 0.1) is 5.56 Å². The Morgan fingerprint density at radius 3 is 2.55 bits per heavy atom. The number of rotatable bonds is 3. The van der Waals surface area contributed by atoms with Crippen molar-refractivity contribution in [2.24, 2.45) is 0 Å². The third kappa shape index (κ3) is 2.93. The number of benzene rings is 2. The van der Waals surface area contributed by atoms with Gasteiger partial charge in [0.15, 0.2) is 11.5 Å². The van der Waals surface area contributed by atoms with Crippen molar-refractivity contribution in [1.82, 2.24) is 0 Å². The van der Waals surface area contributed by atoms with Crippen LogP contribution in [0.25, 0.3) is 0 Å². The molecule has 1 amide bonds. The van der Waals surface area contributed by atoms with Gasteiger partial charge in [-0.1, -0.05) is 40.2 Å². The third-order valence-electron chi connectivity index (χ3n) is 2.90. The largest absolute Gasteiger partial charge is 0.504 e. The molecule has 0 heterocycles. The highest BCUT2D eigenvalue weighted by atomic mass is 79.9. The zero-order valence-corrected chi connectivity index (χ0v) is 12.4. The summed E-state index contributed by atoms with van der Waals surface area (Å²) in [6, 6.07) is 11.7. The Balaban J connectivity index is 2.31. The van der Waals surface area contributed by atoms with E-state index in [1.165, 1.54) is 18.2 Å². The average molecular weight is 336 g/mol. The molecule has 0 bridgehead atoms. The summed E-state index contributed by atoms with van der Waals surface area (Å²) in [7, 11) is 0. The Labute approximate surface area is 125 Å². The van der Waals surface area contributed by atoms with Crippen LogP contribution in [-0.4, -0.2) is 16.1 Å². The van der Waals surface area contributed by atoms with Crippen LogP contribution in [0.1, 0.15) is 27.7 Å². The number of para-hydroxylation sites is 2. The Bertz CT molecular complexity index is 641. The predicted molar refractivity (Wildman–Crippen MR) is 81.5 cm³/mol. The quantitative estimate of drug-likeness (QED) is 0.590. The van der Waals surface area contributed by atoms with Gasteiger partial charge in [0.25, 0.3) is 5.91 Å². The minimum atomic E-state index is -0.473.